The minimum atomic E-state index is -0.640. The number of rotatable bonds is 7. The van der Waals surface area contributed by atoms with E-state index < -0.39 is 18.5 Å². The van der Waals surface area contributed by atoms with Gasteiger partial charge in [0.2, 0.25) is 0 Å². The molecule has 0 saturated heterocycles. The molecule has 1 aromatic carbocycles. The standard InChI is InChI=1S/C22H19ClN4O4S/c1-3-27-21-15(11-24-27)14(10-17(26-21)19-5-4-8-32-19)22(29)31-12-20(28)25-16-9-13(23)6-7-18(16)30-2/h4-11H,3,12H2,1-2H3,(H,25,28). The Hall–Kier alpha value is -3.43. The van der Waals surface area contributed by atoms with Crippen LogP contribution in [0.25, 0.3) is 21.6 Å². The Morgan fingerprint density at radius 1 is 1.25 bits per heavy atom. The van der Waals surface area contributed by atoms with Crippen LogP contribution in [0.4, 0.5) is 5.69 Å². The van der Waals surface area contributed by atoms with Crippen molar-refractivity contribution >= 4 is 51.5 Å². The SMILES string of the molecule is CCn1ncc2c(C(=O)OCC(=O)Nc3cc(Cl)ccc3OC)cc(-c3cccs3)nc21. The van der Waals surface area contributed by atoms with E-state index in [9.17, 15) is 9.59 Å². The molecule has 0 radical (unpaired) electrons. The number of hydrogen-bond acceptors (Lipinski definition) is 7. The Bertz CT molecular complexity index is 1290. The number of ether oxygens (including phenoxy) is 2. The Morgan fingerprint density at radius 3 is 2.81 bits per heavy atom. The number of carbonyl (C=O) groups is 2. The number of halogens is 1. The summed E-state index contributed by atoms with van der Waals surface area (Å²) in [6.45, 7) is 2.07. The molecule has 4 rings (SSSR count). The lowest BCUT2D eigenvalue weighted by Crippen LogP contribution is -2.21. The normalized spacial score (nSPS) is 10.8. The van der Waals surface area contributed by atoms with E-state index in [4.69, 9.17) is 21.1 Å². The molecule has 0 aliphatic rings. The van der Waals surface area contributed by atoms with Crippen LogP contribution in [0.5, 0.6) is 5.75 Å². The lowest BCUT2D eigenvalue weighted by molar-refractivity contribution is -0.119. The van der Waals surface area contributed by atoms with Gasteiger partial charge in [0.1, 0.15) is 5.75 Å². The van der Waals surface area contributed by atoms with E-state index in [0.29, 0.717) is 45.3 Å². The number of aromatic nitrogens is 3. The molecule has 32 heavy (non-hydrogen) atoms. The Morgan fingerprint density at radius 2 is 2.09 bits per heavy atom. The zero-order chi connectivity index (χ0) is 22.7. The van der Waals surface area contributed by atoms with Crippen LogP contribution in [-0.4, -0.2) is 40.4 Å². The molecule has 3 heterocycles. The molecule has 0 aliphatic carbocycles. The number of fused-ring (bicyclic) bond motifs is 1. The van der Waals surface area contributed by atoms with E-state index in [1.165, 1.54) is 18.4 Å². The van der Waals surface area contributed by atoms with Gasteiger partial charge in [-0.2, -0.15) is 5.10 Å². The van der Waals surface area contributed by atoms with Crippen LogP contribution in [0.3, 0.4) is 0 Å². The molecule has 0 atom stereocenters. The molecule has 0 aliphatic heterocycles. The summed E-state index contributed by atoms with van der Waals surface area (Å²) in [5.41, 5.74) is 1.91. The zero-order valence-electron chi connectivity index (χ0n) is 17.3. The summed E-state index contributed by atoms with van der Waals surface area (Å²) in [4.78, 5) is 30.9. The Labute approximate surface area is 192 Å². The van der Waals surface area contributed by atoms with Gasteiger partial charge in [0.05, 0.1) is 40.5 Å². The molecule has 0 fully saturated rings. The average molecular weight is 471 g/mol. The van der Waals surface area contributed by atoms with Gasteiger partial charge in [-0.05, 0) is 42.6 Å². The van der Waals surface area contributed by atoms with Gasteiger partial charge < -0.3 is 14.8 Å². The van der Waals surface area contributed by atoms with Crippen molar-refractivity contribution < 1.29 is 19.1 Å². The number of amides is 1. The maximum absolute atomic E-state index is 12.9. The molecular weight excluding hydrogens is 452 g/mol. The van der Waals surface area contributed by atoms with E-state index in [1.54, 1.807) is 35.1 Å². The zero-order valence-corrected chi connectivity index (χ0v) is 18.9. The van der Waals surface area contributed by atoms with Crippen molar-refractivity contribution in [1.29, 1.82) is 0 Å². The van der Waals surface area contributed by atoms with Crippen molar-refractivity contribution in [3.63, 3.8) is 0 Å². The molecule has 4 aromatic rings. The molecule has 8 nitrogen and oxygen atoms in total. The molecule has 0 spiro atoms. The van der Waals surface area contributed by atoms with Crippen LogP contribution in [0.2, 0.25) is 5.02 Å². The van der Waals surface area contributed by atoms with Crippen LogP contribution in [-0.2, 0) is 16.1 Å². The molecule has 1 N–H and O–H groups in total. The number of anilines is 1. The van der Waals surface area contributed by atoms with Crippen molar-refractivity contribution in [3.8, 4) is 16.3 Å². The third-order valence-electron chi connectivity index (χ3n) is 4.67. The number of pyridine rings is 1. The number of thiophene rings is 1. The van der Waals surface area contributed by atoms with Gasteiger partial charge in [-0.1, -0.05) is 17.7 Å². The van der Waals surface area contributed by atoms with Crippen LogP contribution in [0.15, 0.2) is 48.0 Å². The van der Waals surface area contributed by atoms with Crippen molar-refractivity contribution in [1.82, 2.24) is 14.8 Å². The van der Waals surface area contributed by atoms with Crippen LogP contribution < -0.4 is 10.1 Å². The Kier molecular flexibility index (Phi) is 6.38. The minimum Gasteiger partial charge on any atom is -0.495 e. The van der Waals surface area contributed by atoms with E-state index in [2.05, 4.69) is 15.4 Å². The van der Waals surface area contributed by atoms with Crippen LogP contribution >= 0.6 is 22.9 Å². The van der Waals surface area contributed by atoms with Crippen molar-refractivity contribution in [2.45, 2.75) is 13.5 Å². The highest BCUT2D eigenvalue weighted by Gasteiger charge is 2.20. The summed E-state index contributed by atoms with van der Waals surface area (Å²) in [6, 6.07) is 10.3. The monoisotopic (exact) mass is 470 g/mol. The first-order valence-corrected chi connectivity index (χ1v) is 11.0. The first kappa shape index (κ1) is 21.8. The van der Waals surface area contributed by atoms with Crippen molar-refractivity contribution in [2.24, 2.45) is 0 Å². The molecule has 10 heteroatoms. The predicted molar refractivity (Wildman–Crippen MR) is 123 cm³/mol. The lowest BCUT2D eigenvalue weighted by Gasteiger charge is -2.11. The number of benzene rings is 1. The minimum absolute atomic E-state index is 0.297. The fourth-order valence-electron chi connectivity index (χ4n) is 3.17. The first-order chi connectivity index (χ1) is 15.5. The number of hydrogen-bond donors (Lipinski definition) is 1. The third-order valence-corrected chi connectivity index (χ3v) is 5.80. The van der Waals surface area contributed by atoms with Crippen LogP contribution in [0, 0.1) is 0 Å². The summed E-state index contributed by atoms with van der Waals surface area (Å²) < 4.78 is 12.2. The van der Waals surface area contributed by atoms with Gasteiger partial charge in [-0.3, -0.25) is 4.79 Å². The second-order valence-electron chi connectivity index (χ2n) is 6.70. The second-order valence-corrected chi connectivity index (χ2v) is 8.08. The molecule has 3 aromatic heterocycles. The molecule has 0 saturated carbocycles. The van der Waals surface area contributed by atoms with Gasteiger partial charge in [0.15, 0.2) is 12.3 Å². The molecule has 0 unspecified atom stereocenters. The fraction of sp³-hybridized carbons (Fsp3) is 0.182. The van der Waals surface area contributed by atoms with E-state index >= 15 is 0 Å². The van der Waals surface area contributed by atoms with Crippen molar-refractivity contribution in [3.05, 3.63) is 58.6 Å². The second kappa shape index (κ2) is 9.37. The summed E-state index contributed by atoms with van der Waals surface area (Å²) in [7, 11) is 1.48. The van der Waals surface area contributed by atoms with E-state index in [0.717, 1.165) is 4.88 Å². The topological polar surface area (TPSA) is 95.3 Å². The highest BCUT2D eigenvalue weighted by Crippen LogP contribution is 2.29. The van der Waals surface area contributed by atoms with Crippen molar-refractivity contribution in [2.75, 3.05) is 19.0 Å². The predicted octanol–water partition coefficient (Wildman–Crippen LogP) is 4.64. The van der Waals surface area contributed by atoms with Gasteiger partial charge in [-0.15, -0.1) is 11.3 Å². The fourth-order valence-corrected chi connectivity index (χ4v) is 4.03. The van der Waals surface area contributed by atoms with Gasteiger partial charge in [-0.25, -0.2) is 14.5 Å². The number of nitrogens with zero attached hydrogens (tertiary/aromatic N) is 3. The largest absolute Gasteiger partial charge is 0.495 e. The summed E-state index contributed by atoms with van der Waals surface area (Å²) in [5.74, 6) is -0.719. The van der Waals surface area contributed by atoms with Crippen LogP contribution in [0.1, 0.15) is 17.3 Å². The average Bonchev–Trinajstić information content (AvgIpc) is 3.47. The number of carbonyl (C=O) groups excluding carboxylic acids is 2. The molecule has 0 bridgehead atoms. The summed E-state index contributed by atoms with van der Waals surface area (Å²) >= 11 is 7.50. The molecular formula is C22H19ClN4O4S. The number of methoxy groups -OCH3 is 1. The summed E-state index contributed by atoms with van der Waals surface area (Å²) in [6.07, 6.45) is 1.58. The maximum Gasteiger partial charge on any atom is 0.339 e. The number of aryl methyl sites for hydroxylation is 1. The lowest BCUT2D eigenvalue weighted by atomic mass is 10.1. The van der Waals surface area contributed by atoms with Gasteiger partial charge >= 0.3 is 5.97 Å². The maximum atomic E-state index is 12.9. The third kappa shape index (κ3) is 4.44. The van der Waals surface area contributed by atoms with E-state index in [-0.39, 0.29) is 0 Å². The Balaban J connectivity index is 1.56. The van der Waals surface area contributed by atoms with E-state index in [1.807, 2.05) is 24.4 Å². The highest BCUT2D eigenvalue weighted by molar-refractivity contribution is 7.13. The smallest absolute Gasteiger partial charge is 0.339 e. The molecule has 164 valence electrons. The number of esters is 1. The number of nitrogens with one attached hydrogen (secondary N) is 1. The van der Waals surface area contributed by atoms with Gasteiger partial charge in [0.25, 0.3) is 5.91 Å². The first-order valence-electron chi connectivity index (χ1n) is 9.71. The quantitative estimate of drug-likeness (QED) is 0.395. The van der Waals surface area contributed by atoms with Gasteiger partial charge in [0, 0.05) is 11.6 Å². The molecule has 1 amide bonds. The highest BCUT2D eigenvalue weighted by atomic mass is 35.5. The summed E-state index contributed by atoms with van der Waals surface area (Å²) in [5, 5.41) is 9.88.